The summed E-state index contributed by atoms with van der Waals surface area (Å²) in [5.74, 6) is 0.498. The van der Waals surface area contributed by atoms with Crippen molar-refractivity contribution in [3.05, 3.63) is 63.1 Å². The van der Waals surface area contributed by atoms with Crippen molar-refractivity contribution in [1.29, 1.82) is 0 Å². The van der Waals surface area contributed by atoms with Crippen LogP contribution in [0.5, 0.6) is 5.75 Å². The fourth-order valence-electron chi connectivity index (χ4n) is 2.01. The van der Waals surface area contributed by atoms with Crippen molar-refractivity contribution < 1.29 is 4.74 Å². The Morgan fingerprint density at radius 2 is 1.76 bits per heavy atom. The van der Waals surface area contributed by atoms with Crippen molar-refractivity contribution >= 4 is 34.8 Å². The molecule has 0 radical (unpaired) electrons. The molecule has 2 rings (SSSR count). The third-order valence-electron chi connectivity index (χ3n) is 3.22. The van der Waals surface area contributed by atoms with E-state index in [2.05, 4.69) is 0 Å². The van der Waals surface area contributed by atoms with Gasteiger partial charge in [0, 0.05) is 27.7 Å². The summed E-state index contributed by atoms with van der Waals surface area (Å²) in [5, 5.41) is 1.65. The molecule has 0 saturated carbocycles. The van der Waals surface area contributed by atoms with Crippen LogP contribution in [-0.2, 0) is 0 Å². The summed E-state index contributed by atoms with van der Waals surface area (Å²) in [5.41, 5.74) is 7.03. The van der Waals surface area contributed by atoms with Crippen molar-refractivity contribution in [2.75, 3.05) is 0 Å². The highest BCUT2D eigenvalue weighted by molar-refractivity contribution is 6.34. The Balaban J connectivity index is 2.38. The summed E-state index contributed by atoms with van der Waals surface area (Å²) < 4.78 is 6.02. The lowest BCUT2D eigenvalue weighted by Crippen LogP contribution is -2.31. The van der Waals surface area contributed by atoms with E-state index in [-0.39, 0.29) is 12.1 Å². The van der Waals surface area contributed by atoms with E-state index < -0.39 is 0 Å². The first kappa shape index (κ1) is 16.4. The summed E-state index contributed by atoms with van der Waals surface area (Å²) in [7, 11) is 0. The molecule has 2 nitrogen and oxygen atoms in total. The van der Waals surface area contributed by atoms with Gasteiger partial charge >= 0.3 is 0 Å². The van der Waals surface area contributed by atoms with Gasteiger partial charge in [-0.3, -0.25) is 0 Å². The van der Waals surface area contributed by atoms with Crippen LogP contribution >= 0.6 is 34.8 Å². The molecule has 2 aromatic carbocycles. The summed E-state index contributed by atoms with van der Waals surface area (Å²) in [6.45, 7) is 2.00. The number of halogens is 3. The van der Waals surface area contributed by atoms with Gasteiger partial charge in [-0.2, -0.15) is 0 Å². The molecule has 112 valence electrons. The van der Waals surface area contributed by atoms with Crippen LogP contribution in [0.4, 0.5) is 0 Å². The summed E-state index contributed by atoms with van der Waals surface area (Å²) >= 11 is 18.4. The second kappa shape index (κ2) is 7.37. The van der Waals surface area contributed by atoms with Gasteiger partial charge in [0.15, 0.2) is 0 Å². The van der Waals surface area contributed by atoms with E-state index in [1.165, 1.54) is 0 Å². The van der Waals surface area contributed by atoms with Gasteiger partial charge in [0.05, 0.1) is 5.02 Å². The van der Waals surface area contributed by atoms with Gasteiger partial charge in [0.2, 0.25) is 0 Å². The second-order valence-corrected chi connectivity index (χ2v) is 5.96. The van der Waals surface area contributed by atoms with E-state index in [9.17, 15) is 0 Å². The first-order valence-corrected chi connectivity index (χ1v) is 7.78. The van der Waals surface area contributed by atoms with Gasteiger partial charge in [0.25, 0.3) is 0 Å². The minimum atomic E-state index is -0.389. The zero-order valence-electron chi connectivity index (χ0n) is 11.5. The van der Waals surface area contributed by atoms with Crippen molar-refractivity contribution in [2.45, 2.75) is 25.5 Å². The minimum absolute atomic E-state index is 0.208. The minimum Gasteiger partial charge on any atom is -0.482 e. The number of benzene rings is 2. The molecule has 2 unspecified atom stereocenters. The average Bonchev–Trinajstić information content (AvgIpc) is 2.48. The highest BCUT2D eigenvalue weighted by Gasteiger charge is 2.23. The Bertz CT molecular complexity index is 618. The molecule has 2 aromatic rings. The van der Waals surface area contributed by atoms with Crippen LogP contribution in [0.25, 0.3) is 0 Å². The van der Waals surface area contributed by atoms with Crippen LogP contribution < -0.4 is 10.5 Å². The zero-order valence-corrected chi connectivity index (χ0v) is 13.8. The molecule has 2 N–H and O–H groups in total. The third kappa shape index (κ3) is 4.04. The van der Waals surface area contributed by atoms with E-state index in [4.69, 9.17) is 45.3 Å². The highest BCUT2D eigenvalue weighted by atomic mass is 35.5. The van der Waals surface area contributed by atoms with Crippen molar-refractivity contribution in [3.63, 3.8) is 0 Å². The van der Waals surface area contributed by atoms with E-state index in [1.54, 1.807) is 18.2 Å². The first-order valence-electron chi connectivity index (χ1n) is 6.64. The Morgan fingerprint density at radius 3 is 2.43 bits per heavy atom. The van der Waals surface area contributed by atoms with E-state index in [1.807, 2.05) is 31.2 Å². The van der Waals surface area contributed by atoms with Crippen LogP contribution in [0.2, 0.25) is 15.1 Å². The molecule has 0 spiro atoms. The van der Waals surface area contributed by atoms with Gasteiger partial charge in [-0.25, -0.2) is 0 Å². The topological polar surface area (TPSA) is 35.2 Å². The van der Waals surface area contributed by atoms with Gasteiger partial charge < -0.3 is 10.5 Å². The maximum Gasteiger partial charge on any atom is 0.140 e. The summed E-state index contributed by atoms with van der Waals surface area (Å²) in [4.78, 5) is 0. The van der Waals surface area contributed by atoms with Crippen LogP contribution in [0.3, 0.4) is 0 Å². The fraction of sp³-hybridized carbons (Fsp3) is 0.250. The Kier molecular flexibility index (Phi) is 5.77. The van der Waals surface area contributed by atoms with E-state index in [0.29, 0.717) is 20.8 Å². The molecule has 21 heavy (non-hydrogen) atoms. The zero-order chi connectivity index (χ0) is 15.4. The molecule has 0 saturated heterocycles. The van der Waals surface area contributed by atoms with Crippen LogP contribution in [-0.4, -0.2) is 6.04 Å². The lowest BCUT2D eigenvalue weighted by atomic mass is 10.0. The predicted octanol–water partition coefficient (Wildman–Crippen LogP) is 5.50. The van der Waals surface area contributed by atoms with Crippen LogP contribution in [0, 0.1) is 0 Å². The lowest BCUT2D eigenvalue weighted by molar-refractivity contribution is 0.171. The normalized spacial score (nSPS) is 13.8. The van der Waals surface area contributed by atoms with Crippen molar-refractivity contribution in [2.24, 2.45) is 5.73 Å². The van der Waals surface area contributed by atoms with Gasteiger partial charge in [-0.15, -0.1) is 0 Å². The van der Waals surface area contributed by atoms with E-state index in [0.717, 1.165) is 12.0 Å². The molecule has 0 aliphatic rings. The second-order valence-electron chi connectivity index (χ2n) is 4.71. The molecule has 2 atom stereocenters. The van der Waals surface area contributed by atoms with Gasteiger partial charge in [0.1, 0.15) is 11.9 Å². The molecule has 0 aromatic heterocycles. The summed E-state index contributed by atoms with van der Waals surface area (Å²) in [6, 6.07) is 12.4. The lowest BCUT2D eigenvalue weighted by Gasteiger charge is -2.26. The van der Waals surface area contributed by atoms with Gasteiger partial charge in [-0.05, 0) is 24.6 Å². The monoisotopic (exact) mass is 343 g/mol. The fourth-order valence-corrected chi connectivity index (χ4v) is 2.57. The molecule has 0 aliphatic heterocycles. The summed E-state index contributed by atoms with van der Waals surface area (Å²) in [6.07, 6.45) is 0.355. The maximum atomic E-state index is 6.26. The van der Waals surface area contributed by atoms with Crippen LogP contribution in [0.15, 0.2) is 42.5 Å². The Hall–Kier alpha value is -0.930. The number of ether oxygens (including phenoxy) is 1. The standard InChI is InChI=1S/C16H16Cl3NO/c1-2-14(20)16(11-5-3-4-6-12(11)18)21-15-9-10(17)7-8-13(15)19/h3-9,14,16H,2,20H2,1H3. The molecular formula is C16H16Cl3NO. The molecule has 0 bridgehead atoms. The first-order chi connectivity index (χ1) is 10.0. The molecule has 0 heterocycles. The Morgan fingerprint density at radius 1 is 1.05 bits per heavy atom. The van der Waals surface area contributed by atoms with Crippen LogP contribution in [0.1, 0.15) is 25.0 Å². The molecule has 0 aliphatic carbocycles. The number of hydrogen-bond donors (Lipinski definition) is 1. The number of nitrogens with two attached hydrogens (primary N) is 1. The smallest absolute Gasteiger partial charge is 0.140 e. The molecule has 0 amide bonds. The quantitative estimate of drug-likeness (QED) is 0.776. The molecular weight excluding hydrogens is 329 g/mol. The highest BCUT2D eigenvalue weighted by Crippen LogP contribution is 2.35. The van der Waals surface area contributed by atoms with Crippen molar-refractivity contribution in [3.8, 4) is 5.75 Å². The SMILES string of the molecule is CCC(N)C(Oc1cc(Cl)ccc1Cl)c1ccccc1Cl. The molecule has 0 fully saturated rings. The molecule has 5 heteroatoms. The average molecular weight is 345 g/mol. The predicted molar refractivity (Wildman–Crippen MR) is 89.5 cm³/mol. The Labute approximate surface area is 139 Å². The van der Waals surface area contributed by atoms with Crippen molar-refractivity contribution in [1.82, 2.24) is 0 Å². The van der Waals surface area contributed by atoms with Gasteiger partial charge in [-0.1, -0.05) is 59.9 Å². The number of rotatable bonds is 5. The largest absolute Gasteiger partial charge is 0.482 e. The third-order valence-corrected chi connectivity index (χ3v) is 4.11. The van der Waals surface area contributed by atoms with E-state index >= 15 is 0 Å². The maximum absolute atomic E-state index is 6.26. The number of hydrogen-bond acceptors (Lipinski definition) is 2.